The molecule has 2 aliphatic heterocycles. The fraction of sp³-hybridized carbons (Fsp3) is 0.476. The molecule has 4 heterocycles. The molecule has 1 saturated heterocycles. The van der Waals surface area contributed by atoms with Gasteiger partial charge in [0, 0.05) is 60.7 Å². The molecule has 0 aromatic carbocycles. The van der Waals surface area contributed by atoms with E-state index in [1.165, 1.54) is 11.1 Å². The van der Waals surface area contributed by atoms with Gasteiger partial charge in [0.25, 0.3) is 0 Å². The normalized spacial score (nSPS) is 18.2. The number of piperazine rings is 1. The number of likely N-dealkylation sites (N-methyl/N-ethyl adjacent to an activating group) is 1. The van der Waals surface area contributed by atoms with Crippen LogP contribution in [0.2, 0.25) is 0 Å². The summed E-state index contributed by atoms with van der Waals surface area (Å²) in [5.74, 6) is -0.314. The molecular weight excluding hydrogens is 446 g/mol. The van der Waals surface area contributed by atoms with Crippen LogP contribution < -0.4 is 15.9 Å². The van der Waals surface area contributed by atoms with Crippen molar-refractivity contribution in [1.82, 2.24) is 14.8 Å². The smallest absolute Gasteiger partial charge is 0.142 e. The summed E-state index contributed by atoms with van der Waals surface area (Å²) < 4.78 is 19.4. The van der Waals surface area contributed by atoms with E-state index in [4.69, 9.17) is 4.74 Å². The molecular formula is C21H29Cl2FN4OS. The minimum Gasteiger partial charge on any atom is -0.382 e. The van der Waals surface area contributed by atoms with Gasteiger partial charge in [-0.2, -0.15) is 0 Å². The third-order valence-corrected chi connectivity index (χ3v) is 6.45. The number of pyridine rings is 1. The Kier molecular flexibility index (Phi) is 8.94. The number of thiophene rings is 1. The van der Waals surface area contributed by atoms with Crippen molar-refractivity contribution in [2.75, 3.05) is 45.2 Å². The van der Waals surface area contributed by atoms with Crippen LogP contribution >= 0.6 is 36.2 Å². The SMILES string of the molecule is CCOCCC1CN(C2=c3ncc(F)cc3=CNc3sc(C)cc32)CCN1C.Cl.Cl. The van der Waals surface area contributed by atoms with Crippen LogP contribution in [-0.2, 0) is 4.74 Å². The van der Waals surface area contributed by atoms with Crippen molar-refractivity contribution in [3.63, 3.8) is 0 Å². The summed E-state index contributed by atoms with van der Waals surface area (Å²) in [5, 5.41) is 6.10. The lowest BCUT2D eigenvalue weighted by molar-refractivity contribution is 0.0812. The average Bonchev–Trinajstić information content (AvgIpc) is 2.97. The van der Waals surface area contributed by atoms with Crippen molar-refractivity contribution in [2.45, 2.75) is 26.3 Å². The molecule has 0 spiro atoms. The number of nitrogens with one attached hydrogen (secondary N) is 1. The molecule has 0 bridgehead atoms. The van der Waals surface area contributed by atoms with Crippen molar-refractivity contribution in [2.24, 2.45) is 0 Å². The molecule has 2 aromatic rings. The Morgan fingerprint density at radius 1 is 1.30 bits per heavy atom. The van der Waals surface area contributed by atoms with Crippen LogP contribution in [-0.4, -0.2) is 60.7 Å². The highest BCUT2D eigenvalue weighted by Gasteiger charge is 2.29. The predicted octanol–water partition coefficient (Wildman–Crippen LogP) is 2.80. The lowest BCUT2D eigenvalue weighted by Gasteiger charge is -2.41. The Hall–Kier alpha value is -1.38. The molecule has 1 fully saturated rings. The molecule has 0 amide bonds. The van der Waals surface area contributed by atoms with Crippen LogP contribution in [0.3, 0.4) is 0 Å². The molecule has 2 aromatic heterocycles. The van der Waals surface area contributed by atoms with Gasteiger partial charge in [0.05, 0.1) is 17.2 Å². The molecule has 1 unspecified atom stereocenters. The van der Waals surface area contributed by atoms with Crippen LogP contribution in [0.25, 0.3) is 11.9 Å². The largest absolute Gasteiger partial charge is 0.382 e. The summed E-state index contributed by atoms with van der Waals surface area (Å²) in [7, 11) is 2.18. The second kappa shape index (κ2) is 10.8. The first-order valence-corrected chi connectivity index (χ1v) is 10.6. The molecule has 2 aliphatic rings. The van der Waals surface area contributed by atoms with Crippen molar-refractivity contribution in [3.05, 3.63) is 45.2 Å². The fourth-order valence-electron chi connectivity index (χ4n) is 3.98. The van der Waals surface area contributed by atoms with Gasteiger partial charge in [-0.3, -0.25) is 9.88 Å². The maximum Gasteiger partial charge on any atom is 0.142 e. The lowest BCUT2D eigenvalue weighted by atomic mass is 10.1. The van der Waals surface area contributed by atoms with Gasteiger partial charge in [-0.05, 0) is 39.4 Å². The van der Waals surface area contributed by atoms with Gasteiger partial charge in [0.2, 0.25) is 0 Å². The molecule has 5 nitrogen and oxygen atoms in total. The van der Waals surface area contributed by atoms with E-state index in [1.54, 1.807) is 17.4 Å². The average molecular weight is 475 g/mol. The predicted molar refractivity (Wildman–Crippen MR) is 127 cm³/mol. The van der Waals surface area contributed by atoms with E-state index in [-0.39, 0.29) is 30.6 Å². The summed E-state index contributed by atoms with van der Waals surface area (Å²) in [6.45, 7) is 8.48. The van der Waals surface area contributed by atoms with E-state index in [2.05, 4.69) is 40.1 Å². The van der Waals surface area contributed by atoms with Crippen molar-refractivity contribution >= 4 is 53.0 Å². The summed E-state index contributed by atoms with van der Waals surface area (Å²) in [4.78, 5) is 10.6. The lowest BCUT2D eigenvalue weighted by Crippen LogP contribution is -2.52. The molecule has 166 valence electrons. The number of ether oxygens (including phenoxy) is 1. The summed E-state index contributed by atoms with van der Waals surface area (Å²) >= 11 is 1.72. The van der Waals surface area contributed by atoms with E-state index >= 15 is 0 Å². The minimum atomic E-state index is -0.314. The first-order valence-electron chi connectivity index (χ1n) is 9.83. The topological polar surface area (TPSA) is 40.6 Å². The third kappa shape index (κ3) is 5.08. The minimum absolute atomic E-state index is 0. The number of halogens is 3. The second-order valence-corrected chi connectivity index (χ2v) is 8.65. The van der Waals surface area contributed by atoms with Gasteiger partial charge in [0.15, 0.2) is 0 Å². The molecule has 9 heteroatoms. The summed E-state index contributed by atoms with van der Waals surface area (Å²) in [5.41, 5.74) is 2.26. The highest BCUT2D eigenvalue weighted by molar-refractivity contribution is 7.16. The molecule has 0 radical (unpaired) electrons. The van der Waals surface area contributed by atoms with E-state index in [1.807, 2.05) is 13.1 Å². The highest BCUT2D eigenvalue weighted by Crippen LogP contribution is 2.34. The van der Waals surface area contributed by atoms with Crippen LogP contribution in [0, 0.1) is 12.7 Å². The quantitative estimate of drug-likeness (QED) is 0.674. The van der Waals surface area contributed by atoms with E-state index in [0.29, 0.717) is 6.04 Å². The molecule has 1 atom stereocenters. The monoisotopic (exact) mass is 474 g/mol. The zero-order chi connectivity index (χ0) is 19.7. The zero-order valence-corrected chi connectivity index (χ0v) is 19.9. The van der Waals surface area contributed by atoms with Gasteiger partial charge in [-0.1, -0.05) is 0 Å². The standard InChI is InChI=1S/C21H27FN4OS.2ClH/c1-4-27-8-5-17-13-26(7-6-25(17)3)20-18-9-14(2)28-21(18)24-11-15-10-16(22)12-23-19(15)20;;/h9-12,17,24H,4-8,13H2,1-3H3;2*1H. The van der Waals surface area contributed by atoms with Crippen LogP contribution in [0.1, 0.15) is 23.8 Å². The number of nitrogens with zero attached hydrogens (tertiary/aromatic N) is 3. The maximum atomic E-state index is 13.9. The van der Waals surface area contributed by atoms with Gasteiger partial charge in [-0.15, -0.1) is 36.2 Å². The number of anilines is 1. The second-order valence-electron chi connectivity index (χ2n) is 7.39. The first kappa shape index (κ1) is 24.9. The Morgan fingerprint density at radius 3 is 2.87 bits per heavy atom. The number of aromatic nitrogens is 1. The molecule has 1 N–H and O–H groups in total. The van der Waals surface area contributed by atoms with Crippen LogP contribution in [0.15, 0.2) is 18.3 Å². The molecule has 0 aliphatic carbocycles. The highest BCUT2D eigenvalue weighted by atomic mass is 35.5. The van der Waals surface area contributed by atoms with E-state index < -0.39 is 0 Å². The molecule has 30 heavy (non-hydrogen) atoms. The van der Waals surface area contributed by atoms with E-state index in [9.17, 15) is 4.39 Å². The third-order valence-electron chi connectivity index (χ3n) is 5.47. The maximum absolute atomic E-state index is 13.9. The van der Waals surface area contributed by atoms with Gasteiger partial charge in [-0.25, -0.2) is 4.39 Å². The van der Waals surface area contributed by atoms with Gasteiger partial charge >= 0.3 is 0 Å². The Balaban J connectivity index is 0.00000160. The number of hydrogen-bond donors (Lipinski definition) is 1. The Bertz CT molecular complexity index is 984. The van der Waals surface area contributed by atoms with Crippen LogP contribution in [0.4, 0.5) is 9.39 Å². The number of fused-ring (bicyclic) bond motifs is 2. The first-order chi connectivity index (χ1) is 13.6. The summed E-state index contributed by atoms with van der Waals surface area (Å²) in [6.07, 6.45) is 4.19. The van der Waals surface area contributed by atoms with Crippen LogP contribution in [0.5, 0.6) is 0 Å². The number of rotatable bonds is 5. The number of aryl methyl sites for hydroxylation is 1. The Morgan fingerprint density at radius 2 is 2.10 bits per heavy atom. The Labute approximate surface area is 193 Å². The van der Waals surface area contributed by atoms with E-state index in [0.717, 1.165) is 66.1 Å². The summed E-state index contributed by atoms with van der Waals surface area (Å²) in [6, 6.07) is 4.19. The molecule has 4 rings (SSSR count). The number of hydrogen-bond acceptors (Lipinski definition) is 6. The van der Waals surface area contributed by atoms with Crippen molar-refractivity contribution < 1.29 is 9.13 Å². The van der Waals surface area contributed by atoms with Crippen molar-refractivity contribution in [1.29, 1.82) is 0 Å². The van der Waals surface area contributed by atoms with Gasteiger partial charge in [0.1, 0.15) is 10.8 Å². The van der Waals surface area contributed by atoms with Gasteiger partial charge < -0.3 is 15.0 Å². The zero-order valence-electron chi connectivity index (χ0n) is 17.5. The molecule has 0 saturated carbocycles. The fourth-order valence-corrected chi connectivity index (χ4v) is 4.86. The van der Waals surface area contributed by atoms with Crippen molar-refractivity contribution in [3.8, 4) is 0 Å².